The van der Waals surface area contributed by atoms with Crippen molar-refractivity contribution in [1.29, 1.82) is 0 Å². The first kappa shape index (κ1) is 18.2. The van der Waals surface area contributed by atoms with Crippen LogP contribution >= 0.6 is 0 Å². The number of fused-ring (bicyclic) bond motifs is 1. The fourth-order valence-electron chi connectivity index (χ4n) is 3.45. The summed E-state index contributed by atoms with van der Waals surface area (Å²) in [5.41, 5.74) is 7.44. The van der Waals surface area contributed by atoms with Crippen LogP contribution in [0.25, 0.3) is 10.9 Å². The van der Waals surface area contributed by atoms with E-state index in [0.29, 0.717) is 11.7 Å². The maximum Gasteiger partial charge on any atom is 0.140 e. The maximum absolute atomic E-state index is 9.62. The molecule has 0 spiro atoms. The molecule has 2 aromatic rings. The van der Waals surface area contributed by atoms with Crippen LogP contribution in [0.1, 0.15) is 31.2 Å². The Morgan fingerprint density at radius 3 is 2.77 bits per heavy atom. The number of allylic oxidation sites excluding steroid dienone is 1. The summed E-state index contributed by atoms with van der Waals surface area (Å²) in [6.45, 7) is 4.01. The fraction of sp³-hybridized carbons (Fsp3) is 0.350. The SMILES string of the molecule is C=C(N=C(/C=C\N)n1ccc2c(CO)cccc21)NC1CCC(O)CC1. The minimum atomic E-state index is -0.187. The van der Waals surface area contributed by atoms with Crippen LogP contribution in [-0.2, 0) is 6.61 Å². The van der Waals surface area contributed by atoms with Crippen LogP contribution < -0.4 is 11.1 Å². The van der Waals surface area contributed by atoms with Gasteiger partial charge in [0.1, 0.15) is 11.7 Å². The number of nitrogens with one attached hydrogen (secondary N) is 1. The standard InChI is InChI=1S/C20H26N4O2/c1-14(22-16-5-7-17(26)8-6-16)23-20(9-11-21)24-12-10-18-15(13-25)3-2-4-19(18)24/h2-4,9-12,16-17,22,25-26H,1,5-8,13,21H2/b11-9-,23-20?. The zero-order valence-corrected chi connectivity index (χ0v) is 14.8. The van der Waals surface area contributed by atoms with Gasteiger partial charge in [0.25, 0.3) is 0 Å². The highest BCUT2D eigenvalue weighted by molar-refractivity contribution is 6.02. The molecule has 0 aliphatic heterocycles. The molecular weight excluding hydrogens is 328 g/mol. The number of nitrogens with zero attached hydrogens (tertiary/aromatic N) is 2. The molecule has 1 aromatic carbocycles. The van der Waals surface area contributed by atoms with Crippen molar-refractivity contribution in [2.75, 3.05) is 0 Å². The van der Waals surface area contributed by atoms with Crippen molar-refractivity contribution < 1.29 is 10.2 Å². The number of hydrogen-bond acceptors (Lipinski definition) is 5. The molecule has 26 heavy (non-hydrogen) atoms. The lowest BCUT2D eigenvalue weighted by molar-refractivity contribution is 0.118. The normalized spacial score (nSPS) is 21.4. The van der Waals surface area contributed by atoms with E-state index in [9.17, 15) is 10.2 Å². The Morgan fingerprint density at radius 1 is 1.31 bits per heavy atom. The Morgan fingerprint density at radius 2 is 2.08 bits per heavy atom. The van der Waals surface area contributed by atoms with Crippen molar-refractivity contribution in [2.45, 2.75) is 44.4 Å². The first-order chi connectivity index (χ1) is 12.6. The number of aliphatic hydroxyl groups is 2. The van der Waals surface area contributed by atoms with E-state index >= 15 is 0 Å². The number of aromatic nitrogens is 1. The number of aliphatic imine (C=N–C) groups is 1. The second-order valence-electron chi connectivity index (χ2n) is 6.62. The van der Waals surface area contributed by atoms with Gasteiger partial charge in [-0.15, -0.1) is 0 Å². The Balaban J connectivity index is 1.85. The van der Waals surface area contributed by atoms with Gasteiger partial charge in [-0.05, 0) is 55.7 Å². The Bertz CT molecular complexity index is 829. The van der Waals surface area contributed by atoms with Gasteiger partial charge in [0.05, 0.1) is 18.2 Å². The predicted molar refractivity (Wildman–Crippen MR) is 105 cm³/mol. The molecule has 3 rings (SSSR count). The van der Waals surface area contributed by atoms with Crippen molar-refractivity contribution >= 4 is 16.7 Å². The van der Waals surface area contributed by atoms with Gasteiger partial charge >= 0.3 is 0 Å². The molecule has 6 heteroatoms. The number of rotatable bonds is 5. The number of benzene rings is 1. The highest BCUT2D eigenvalue weighted by Crippen LogP contribution is 2.22. The smallest absolute Gasteiger partial charge is 0.140 e. The van der Waals surface area contributed by atoms with Gasteiger partial charge < -0.3 is 25.8 Å². The molecule has 0 bridgehead atoms. The summed E-state index contributed by atoms with van der Waals surface area (Å²) in [6.07, 6.45) is 8.31. The average molecular weight is 354 g/mol. The van der Waals surface area contributed by atoms with Crippen LogP contribution in [0.15, 0.2) is 60.1 Å². The van der Waals surface area contributed by atoms with Gasteiger partial charge in [-0.2, -0.15) is 0 Å². The second kappa shape index (κ2) is 8.21. The lowest BCUT2D eigenvalue weighted by Gasteiger charge is -2.26. The third kappa shape index (κ3) is 3.98. The van der Waals surface area contributed by atoms with Gasteiger partial charge in [0.15, 0.2) is 0 Å². The highest BCUT2D eigenvalue weighted by atomic mass is 16.3. The summed E-state index contributed by atoms with van der Waals surface area (Å²) >= 11 is 0. The Hall–Kier alpha value is -2.57. The molecule has 1 aliphatic carbocycles. The van der Waals surface area contributed by atoms with Crippen molar-refractivity contribution in [3.8, 4) is 0 Å². The van der Waals surface area contributed by atoms with E-state index in [4.69, 9.17) is 5.73 Å². The largest absolute Gasteiger partial charge is 0.404 e. The van der Waals surface area contributed by atoms with E-state index in [0.717, 1.165) is 42.1 Å². The van der Waals surface area contributed by atoms with Crippen molar-refractivity contribution in [2.24, 2.45) is 10.7 Å². The molecule has 0 atom stereocenters. The number of nitrogens with two attached hydrogens (primary N) is 1. The monoisotopic (exact) mass is 354 g/mol. The molecular formula is C20H26N4O2. The predicted octanol–water partition coefficient (Wildman–Crippen LogP) is 2.22. The van der Waals surface area contributed by atoms with E-state index in [2.05, 4.69) is 16.9 Å². The second-order valence-corrected chi connectivity index (χ2v) is 6.62. The molecule has 1 saturated carbocycles. The summed E-state index contributed by atoms with van der Waals surface area (Å²) in [5.74, 6) is 1.21. The van der Waals surface area contributed by atoms with E-state index in [-0.39, 0.29) is 18.8 Å². The average Bonchev–Trinajstić information content (AvgIpc) is 3.07. The van der Waals surface area contributed by atoms with Crippen LogP contribution in [0, 0.1) is 0 Å². The van der Waals surface area contributed by atoms with Gasteiger partial charge in [-0.1, -0.05) is 18.7 Å². The first-order valence-electron chi connectivity index (χ1n) is 8.93. The van der Waals surface area contributed by atoms with Crippen LogP contribution in [-0.4, -0.2) is 32.8 Å². The van der Waals surface area contributed by atoms with Crippen molar-refractivity contribution in [1.82, 2.24) is 9.88 Å². The topological polar surface area (TPSA) is 95.8 Å². The summed E-state index contributed by atoms with van der Waals surface area (Å²) in [7, 11) is 0. The summed E-state index contributed by atoms with van der Waals surface area (Å²) < 4.78 is 1.93. The van der Waals surface area contributed by atoms with E-state index in [1.807, 2.05) is 35.0 Å². The molecule has 1 aromatic heterocycles. The summed E-state index contributed by atoms with van der Waals surface area (Å²) in [6, 6.07) is 8.03. The zero-order chi connectivity index (χ0) is 18.5. The minimum absolute atomic E-state index is 0.0116. The summed E-state index contributed by atoms with van der Waals surface area (Å²) in [5, 5.41) is 23.5. The molecule has 0 radical (unpaired) electrons. The lowest BCUT2D eigenvalue weighted by Crippen LogP contribution is -2.33. The van der Waals surface area contributed by atoms with Gasteiger partial charge in [0.2, 0.25) is 0 Å². The molecule has 138 valence electrons. The van der Waals surface area contributed by atoms with Crippen LogP contribution in [0.4, 0.5) is 0 Å². The molecule has 0 amide bonds. The van der Waals surface area contributed by atoms with Crippen LogP contribution in [0.2, 0.25) is 0 Å². The molecule has 0 saturated heterocycles. The van der Waals surface area contributed by atoms with Crippen molar-refractivity contribution in [3.63, 3.8) is 0 Å². The van der Waals surface area contributed by atoms with Gasteiger partial charge in [-0.3, -0.25) is 0 Å². The maximum atomic E-state index is 9.62. The third-order valence-electron chi connectivity index (χ3n) is 4.80. The first-order valence-corrected chi connectivity index (χ1v) is 8.93. The van der Waals surface area contributed by atoms with E-state index in [1.54, 1.807) is 6.08 Å². The number of hydrogen-bond donors (Lipinski definition) is 4. The van der Waals surface area contributed by atoms with Gasteiger partial charge in [0, 0.05) is 17.6 Å². The molecule has 0 unspecified atom stereocenters. The lowest BCUT2D eigenvalue weighted by atomic mass is 9.93. The van der Waals surface area contributed by atoms with Crippen LogP contribution in [0.5, 0.6) is 0 Å². The van der Waals surface area contributed by atoms with Gasteiger partial charge in [-0.25, -0.2) is 4.99 Å². The Kier molecular flexibility index (Phi) is 5.75. The molecule has 5 N–H and O–H groups in total. The minimum Gasteiger partial charge on any atom is -0.404 e. The zero-order valence-electron chi connectivity index (χ0n) is 14.8. The van der Waals surface area contributed by atoms with Crippen LogP contribution in [0.3, 0.4) is 0 Å². The van der Waals surface area contributed by atoms with Crippen molar-refractivity contribution in [3.05, 3.63) is 60.7 Å². The summed E-state index contributed by atoms with van der Waals surface area (Å²) in [4.78, 5) is 4.61. The molecule has 1 heterocycles. The third-order valence-corrected chi connectivity index (χ3v) is 4.80. The molecule has 6 nitrogen and oxygen atoms in total. The Labute approximate surface area is 153 Å². The fourth-order valence-corrected chi connectivity index (χ4v) is 3.45. The molecule has 1 aliphatic rings. The highest BCUT2D eigenvalue weighted by Gasteiger charge is 2.19. The van der Waals surface area contributed by atoms with E-state index in [1.165, 1.54) is 6.20 Å². The van der Waals surface area contributed by atoms with E-state index < -0.39 is 0 Å². The quantitative estimate of drug-likeness (QED) is 0.489. The number of aliphatic hydroxyl groups excluding tert-OH is 2. The molecule has 1 fully saturated rings.